The molecule has 0 aromatic heterocycles. The van der Waals surface area contributed by atoms with E-state index in [4.69, 9.17) is 0 Å². The number of aliphatic hydroxyl groups is 1. The number of carbonyl (C=O) groups is 1. The lowest BCUT2D eigenvalue weighted by molar-refractivity contribution is -0.194. The van der Waals surface area contributed by atoms with Crippen LogP contribution in [0.15, 0.2) is 24.3 Å². The van der Waals surface area contributed by atoms with E-state index >= 15 is 0 Å². The van der Waals surface area contributed by atoms with Crippen molar-refractivity contribution >= 4 is 5.91 Å². The van der Waals surface area contributed by atoms with Crippen molar-refractivity contribution in [2.45, 2.75) is 64.4 Å². The average Bonchev–Trinajstić information content (AvgIpc) is 2.56. The first-order valence-corrected chi connectivity index (χ1v) is 9.04. The predicted molar refractivity (Wildman–Crippen MR) is 92.2 cm³/mol. The van der Waals surface area contributed by atoms with Crippen LogP contribution < -0.4 is 0 Å². The van der Waals surface area contributed by atoms with E-state index in [1.54, 1.807) is 0 Å². The zero-order chi connectivity index (χ0) is 16.5. The molecule has 1 aromatic rings. The van der Waals surface area contributed by atoms with E-state index in [0.29, 0.717) is 6.42 Å². The highest BCUT2D eigenvalue weighted by molar-refractivity contribution is 5.79. The highest BCUT2D eigenvalue weighted by Gasteiger charge is 2.57. The maximum atomic E-state index is 12.6. The Hall–Kier alpha value is -1.35. The fraction of sp³-hybridized carbons (Fsp3) is 0.650. The minimum absolute atomic E-state index is 0.0858. The Morgan fingerprint density at radius 3 is 2.43 bits per heavy atom. The minimum Gasteiger partial charge on any atom is -0.389 e. The first-order valence-electron chi connectivity index (χ1n) is 9.04. The molecule has 1 aliphatic heterocycles. The Labute approximate surface area is 139 Å². The van der Waals surface area contributed by atoms with Crippen LogP contribution in [-0.4, -0.2) is 34.6 Å². The number of benzene rings is 1. The van der Waals surface area contributed by atoms with Crippen molar-refractivity contribution in [1.82, 2.24) is 4.90 Å². The molecular weight excluding hydrogens is 286 g/mol. The summed E-state index contributed by atoms with van der Waals surface area (Å²) in [7, 11) is 0. The van der Waals surface area contributed by atoms with Gasteiger partial charge in [0.2, 0.25) is 5.91 Å². The van der Waals surface area contributed by atoms with Gasteiger partial charge in [-0.25, -0.2) is 0 Å². The molecular formula is C20H29NO2. The van der Waals surface area contributed by atoms with Gasteiger partial charge in [-0.2, -0.15) is 0 Å². The topological polar surface area (TPSA) is 40.5 Å². The van der Waals surface area contributed by atoms with Crippen LogP contribution in [0.4, 0.5) is 0 Å². The van der Waals surface area contributed by atoms with Crippen molar-refractivity contribution in [3.05, 3.63) is 35.4 Å². The number of carbonyl (C=O) groups excluding carboxylic acids is 1. The smallest absolute Gasteiger partial charge is 0.226 e. The van der Waals surface area contributed by atoms with Gasteiger partial charge in [0, 0.05) is 18.5 Å². The molecule has 2 aliphatic rings. The van der Waals surface area contributed by atoms with Crippen LogP contribution >= 0.6 is 0 Å². The van der Waals surface area contributed by atoms with Crippen LogP contribution in [0.3, 0.4) is 0 Å². The number of likely N-dealkylation sites (tertiary alicyclic amines) is 1. The summed E-state index contributed by atoms with van der Waals surface area (Å²) in [5.41, 5.74) is 1.93. The molecule has 1 saturated carbocycles. The van der Waals surface area contributed by atoms with E-state index in [-0.39, 0.29) is 11.3 Å². The number of nitrogens with zero attached hydrogens (tertiary/aromatic N) is 1. The van der Waals surface area contributed by atoms with Crippen LogP contribution in [0, 0.1) is 12.3 Å². The second-order valence-electron chi connectivity index (χ2n) is 7.55. The zero-order valence-corrected chi connectivity index (χ0v) is 14.5. The maximum absolute atomic E-state index is 12.6. The summed E-state index contributed by atoms with van der Waals surface area (Å²) in [6.45, 7) is 5.81. The third-order valence-electron chi connectivity index (χ3n) is 6.34. The molecule has 0 radical (unpaired) electrons. The number of amides is 1. The Bertz CT molecular complexity index is 575. The molecule has 1 aliphatic carbocycles. The molecule has 1 saturated heterocycles. The van der Waals surface area contributed by atoms with E-state index in [0.717, 1.165) is 57.2 Å². The molecule has 23 heavy (non-hydrogen) atoms. The first-order chi connectivity index (χ1) is 11.0. The van der Waals surface area contributed by atoms with Gasteiger partial charge in [-0.1, -0.05) is 37.6 Å². The van der Waals surface area contributed by atoms with Gasteiger partial charge in [0.25, 0.3) is 0 Å². The Kier molecular flexibility index (Phi) is 4.50. The Morgan fingerprint density at radius 2 is 1.87 bits per heavy atom. The second-order valence-corrected chi connectivity index (χ2v) is 7.55. The van der Waals surface area contributed by atoms with E-state index in [1.165, 1.54) is 5.56 Å². The maximum Gasteiger partial charge on any atom is 0.226 e. The van der Waals surface area contributed by atoms with Crippen molar-refractivity contribution in [2.24, 2.45) is 5.41 Å². The van der Waals surface area contributed by atoms with Gasteiger partial charge in [0.15, 0.2) is 0 Å². The summed E-state index contributed by atoms with van der Waals surface area (Å²) in [6.07, 6.45) is 6.44. The molecule has 1 heterocycles. The SMILES string of the molecule is CCCC1(O)CCC12CCN(C(=O)Cc1ccccc1C)CC2. The lowest BCUT2D eigenvalue weighted by atomic mass is 9.51. The van der Waals surface area contributed by atoms with Gasteiger partial charge in [0.1, 0.15) is 0 Å². The molecule has 1 amide bonds. The average molecular weight is 315 g/mol. The number of hydrogen-bond acceptors (Lipinski definition) is 2. The molecule has 3 rings (SSSR count). The monoisotopic (exact) mass is 315 g/mol. The van der Waals surface area contributed by atoms with Crippen molar-refractivity contribution < 1.29 is 9.90 Å². The summed E-state index contributed by atoms with van der Waals surface area (Å²) < 4.78 is 0. The second kappa shape index (κ2) is 6.27. The quantitative estimate of drug-likeness (QED) is 0.924. The molecule has 3 nitrogen and oxygen atoms in total. The zero-order valence-electron chi connectivity index (χ0n) is 14.5. The summed E-state index contributed by atoms with van der Waals surface area (Å²) in [6, 6.07) is 8.12. The normalized spacial score (nSPS) is 26.1. The third-order valence-corrected chi connectivity index (χ3v) is 6.34. The molecule has 3 heteroatoms. The molecule has 1 aromatic carbocycles. The molecule has 1 atom stereocenters. The van der Waals surface area contributed by atoms with E-state index < -0.39 is 5.60 Å². The Morgan fingerprint density at radius 1 is 1.17 bits per heavy atom. The number of rotatable bonds is 4. The first kappa shape index (κ1) is 16.5. The molecule has 1 spiro atoms. The van der Waals surface area contributed by atoms with Crippen LogP contribution in [0.5, 0.6) is 0 Å². The van der Waals surface area contributed by atoms with Gasteiger partial charge < -0.3 is 10.0 Å². The molecule has 2 fully saturated rings. The van der Waals surface area contributed by atoms with Crippen molar-refractivity contribution in [3.63, 3.8) is 0 Å². The van der Waals surface area contributed by atoms with Crippen molar-refractivity contribution in [1.29, 1.82) is 0 Å². The number of hydrogen-bond donors (Lipinski definition) is 1. The lowest BCUT2D eigenvalue weighted by Gasteiger charge is -2.59. The minimum atomic E-state index is -0.465. The van der Waals surface area contributed by atoms with Gasteiger partial charge in [-0.3, -0.25) is 4.79 Å². The predicted octanol–water partition coefficient (Wildman–Crippen LogP) is 3.47. The van der Waals surface area contributed by atoms with E-state index in [9.17, 15) is 9.90 Å². The summed E-state index contributed by atoms with van der Waals surface area (Å²) >= 11 is 0. The Balaban J connectivity index is 1.59. The van der Waals surface area contributed by atoms with Crippen LogP contribution in [0.25, 0.3) is 0 Å². The summed E-state index contributed by atoms with van der Waals surface area (Å²) in [4.78, 5) is 14.6. The third kappa shape index (κ3) is 2.91. The van der Waals surface area contributed by atoms with Crippen molar-refractivity contribution in [3.8, 4) is 0 Å². The lowest BCUT2D eigenvalue weighted by Crippen LogP contribution is -2.61. The number of piperidine rings is 1. The highest BCUT2D eigenvalue weighted by Crippen LogP contribution is 2.58. The summed E-state index contributed by atoms with van der Waals surface area (Å²) in [5.74, 6) is 0.229. The van der Waals surface area contributed by atoms with Crippen LogP contribution in [0.2, 0.25) is 0 Å². The highest BCUT2D eigenvalue weighted by atomic mass is 16.3. The fourth-order valence-electron chi connectivity index (χ4n) is 4.55. The summed E-state index contributed by atoms with van der Waals surface area (Å²) in [5, 5.41) is 10.9. The van der Waals surface area contributed by atoms with E-state index in [1.807, 2.05) is 23.1 Å². The molecule has 1 unspecified atom stereocenters. The van der Waals surface area contributed by atoms with Gasteiger partial charge >= 0.3 is 0 Å². The van der Waals surface area contributed by atoms with E-state index in [2.05, 4.69) is 19.9 Å². The van der Waals surface area contributed by atoms with Crippen LogP contribution in [0.1, 0.15) is 56.6 Å². The molecule has 0 bridgehead atoms. The largest absolute Gasteiger partial charge is 0.389 e. The molecule has 1 N–H and O–H groups in total. The van der Waals surface area contributed by atoms with Crippen molar-refractivity contribution in [2.75, 3.05) is 13.1 Å². The van der Waals surface area contributed by atoms with Gasteiger partial charge in [0.05, 0.1) is 12.0 Å². The standard InChI is InChI=1S/C20H29NO2/c1-3-8-20(23)10-9-19(20)11-13-21(14-12-19)18(22)15-17-7-5-4-6-16(17)2/h4-7,23H,3,8-15H2,1-2H3. The van der Waals surface area contributed by atoms with Gasteiger partial charge in [-0.05, 0) is 50.2 Å². The van der Waals surface area contributed by atoms with Gasteiger partial charge in [-0.15, -0.1) is 0 Å². The number of aryl methyl sites for hydroxylation is 1. The fourth-order valence-corrected chi connectivity index (χ4v) is 4.55. The molecule has 126 valence electrons. The van der Waals surface area contributed by atoms with Crippen LogP contribution in [-0.2, 0) is 11.2 Å².